The molecule has 0 spiro atoms. The third kappa shape index (κ3) is 3.39. The average Bonchev–Trinajstić information content (AvgIpc) is 2.88. The molecule has 0 radical (unpaired) electrons. The minimum Gasteiger partial charge on any atom is -0.344 e. The Labute approximate surface area is 115 Å². The number of carbonyl (C=O) groups is 1. The Morgan fingerprint density at radius 3 is 3.05 bits per heavy atom. The van der Waals surface area contributed by atoms with E-state index in [4.69, 9.17) is 5.73 Å². The van der Waals surface area contributed by atoms with E-state index in [9.17, 15) is 9.18 Å². The smallest absolute Gasteiger partial charge is 0.273 e. The summed E-state index contributed by atoms with van der Waals surface area (Å²) in [6.07, 6.45) is 1.53. The second-order valence-electron chi connectivity index (χ2n) is 4.41. The van der Waals surface area contributed by atoms with Gasteiger partial charge in [-0.05, 0) is 24.6 Å². The highest BCUT2D eigenvalue weighted by Gasteiger charge is 2.14. The van der Waals surface area contributed by atoms with Gasteiger partial charge in [0.2, 0.25) is 0 Å². The molecule has 0 aliphatic carbocycles. The molecule has 2 rings (SSSR count). The maximum Gasteiger partial charge on any atom is 0.273 e. The molecule has 0 aliphatic rings. The van der Waals surface area contributed by atoms with Crippen molar-refractivity contribution in [1.82, 2.24) is 20.3 Å². The zero-order valence-corrected chi connectivity index (χ0v) is 11.1. The number of carbonyl (C=O) groups excluding carboxylic acids is 1. The van der Waals surface area contributed by atoms with E-state index in [1.807, 2.05) is 0 Å². The molecule has 1 amide bonds. The maximum absolute atomic E-state index is 13.1. The molecule has 1 aromatic heterocycles. The molecular weight excluding hydrogens is 261 g/mol. The third-order valence-corrected chi connectivity index (χ3v) is 2.83. The number of aromatic nitrogens is 3. The maximum atomic E-state index is 13.1. The van der Waals surface area contributed by atoms with Crippen molar-refractivity contribution in [2.24, 2.45) is 5.73 Å². The average molecular weight is 277 g/mol. The van der Waals surface area contributed by atoms with Gasteiger partial charge in [0.05, 0.1) is 18.8 Å². The Morgan fingerprint density at radius 2 is 2.35 bits per heavy atom. The summed E-state index contributed by atoms with van der Waals surface area (Å²) in [6.45, 7) is 2.70. The van der Waals surface area contributed by atoms with Gasteiger partial charge >= 0.3 is 0 Å². The topological polar surface area (TPSA) is 85.8 Å². The first-order valence-corrected chi connectivity index (χ1v) is 6.26. The number of nitrogens with two attached hydrogens (primary N) is 1. The molecule has 1 heterocycles. The lowest BCUT2D eigenvalue weighted by Gasteiger charge is -2.13. The van der Waals surface area contributed by atoms with Crippen LogP contribution in [0.25, 0.3) is 0 Å². The second-order valence-corrected chi connectivity index (χ2v) is 4.41. The van der Waals surface area contributed by atoms with Gasteiger partial charge < -0.3 is 11.1 Å². The number of hydrogen-bond acceptors (Lipinski definition) is 4. The Bertz CT molecular complexity index is 598. The molecule has 6 nitrogen and oxygen atoms in total. The summed E-state index contributed by atoms with van der Waals surface area (Å²) in [7, 11) is 0. The van der Waals surface area contributed by atoms with Crippen LogP contribution in [0, 0.1) is 5.82 Å². The molecule has 1 unspecified atom stereocenters. The molecule has 0 saturated carbocycles. The number of amides is 1. The largest absolute Gasteiger partial charge is 0.344 e. The molecule has 3 N–H and O–H groups in total. The van der Waals surface area contributed by atoms with Crippen LogP contribution >= 0.6 is 0 Å². The summed E-state index contributed by atoms with van der Waals surface area (Å²) >= 11 is 0. The first-order valence-electron chi connectivity index (χ1n) is 6.26. The number of nitrogens with zero attached hydrogens (tertiary/aromatic N) is 3. The molecule has 106 valence electrons. The van der Waals surface area contributed by atoms with Crippen molar-refractivity contribution in [3.8, 4) is 0 Å². The fourth-order valence-electron chi connectivity index (χ4n) is 1.77. The van der Waals surface area contributed by atoms with Gasteiger partial charge in [0.25, 0.3) is 5.91 Å². The molecular formula is C13H16FN5O. The van der Waals surface area contributed by atoms with Gasteiger partial charge in [0.1, 0.15) is 5.82 Å². The summed E-state index contributed by atoms with van der Waals surface area (Å²) in [4.78, 5) is 12.0. The van der Waals surface area contributed by atoms with Gasteiger partial charge in [0.15, 0.2) is 5.69 Å². The van der Waals surface area contributed by atoms with Crippen LogP contribution in [0.2, 0.25) is 0 Å². The van der Waals surface area contributed by atoms with E-state index in [2.05, 4.69) is 15.6 Å². The highest BCUT2D eigenvalue weighted by molar-refractivity contribution is 5.92. The second kappa shape index (κ2) is 6.25. The SMILES string of the molecule is CC(NC(=O)c1cn(CCN)nn1)c1cccc(F)c1. The van der Waals surface area contributed by atoms with E-state index in [0.29, 0.717) is 18.7 Å². The Morgan fingerprint density at radius 1 is 1.55 bits per heavy atom. The predicted octanol–water partition coefficient (Wildman–Crippen LogP) is 0.867. The van der Waals surface area contributed by atoms with Crippen molar-refractivity contribution in [3.05, 3.63) is 47.5 Å². The minimum atomic E-state index is -0.356. The number of halogens is 1. The predicted molar refractivity (Wildman–Crippen MR) is 71.4 cm³/mol. The van der Waals surface area contributed by atoms with Crippen molar-refractivity contribution < 1.29 is 9.18 Å². The van der Waals surface area contributed by atoms with Gasteiger partial charge in [-0.25, -0.2) is 4.39 Å². The number of benzene rings is 1. The van der Waals surface area contributed by atoms with Gasteiger partial charge in [-0.15, -0.1) is 5.10 Å². The lowest BCUT2D eigenvalue weighted by molar-refractivity contribution is 0.0934. The zero-order valence-electron chi connectivity index (χ0n) is 11.1. The third-order valence-electron chi connectivity index (χ3n) is 2.83. The molecule has 1 atom stereocenters. The van der Waals surface area contributed by atoms with Crippen LogP contribution in [-0.4, -0.2) is 27.4 Å². The van der Waals surface area contributed by atoms with E-state index in [1.165, 1.54) is 23.0 Å². The van der Waals surface area contributed by atoms with Crippen molar-refractivity contribution in [1.29, 1.82) is 0 Å². The number of rotatable bonds is 5. The summed E-state index contributed by atoms with van der Waals surface area (Å²) < 4.78 is 14.6. The summed E-state index contributed by atoms with van der Waals surface area (Å²) in [6, 6.07) is 5.77. The van der Waals surface area contributed by atoms with Crippen molar-refractivity contribution in [2.75, 3.05) is 6.54 Å². The first kappa shape index (κ1) is 14.1. The van der Waals surface area contributed by atoms with E-state index in [-0.39, 0.29) is 23.5 Å². The van der Waals surface area contributed by atoms with Crippen LogP contribution in [0.15, 0.2) is 30.5 Å². The number of hydrogen-bond donors (Lipinski definition) is 2. The van der Waals surface area contributed by atoms with Crippen molar-refractivity contribution >= 4 is 5.91 Å². The van der Waals surface area contributed by atoms with E-state index in [0.717, 1.165) is 0 Å². The normalized spacial score (nSPS) is 12.2. The van der Waals surface area contributed by atoms with Gasteiger partial charge in [-0.1, -0.05) is 17.3 Å². The zero-order chi connectivity index (χ0) is 14.5. The molecule has 20 heavy (non-hydrogen) atoms. The van der Waals surface area contributed by atoms with E-state index >= 15 is 0 Å². The standard InChI is InChI=1S/C13H16FN5O/c1-9(10-3-2-4-11(14)7-10)16-13(20)12-8-19(6-5-15)18-17-12/h2-4,7-9H,5-6,15H2,1H3,(H,16,20). The van der Waals surface area contributed by atoms with Gasteiger partial charge in [0, 0.05) is 6.54 Å². The van der Waals surface area contributed by atoms with Crippen LogP contribution < -0.4 is 11.1 Å². The van der Waals surface area contributed by atoms with E-state index in [1.54, 1.807) is 19.1 Å². The molecule has 0 saturated heterocycles. The van der Waals surface area contributed by atoms with E-state index < -0.39 is 0 Å². The highest BCUT2D eigenvalue weighted by Crippen LogP contribution is 2.13. The van der Waals surface area contributed by atoms with Crippen LogP contribution in [0.4, 0.5) is 4.39 Å². The van der Waals surface area contributed by atoms with Gasteiger partial charge in [-0.3, -0.25) is 9.48 Å². The molecule has 1 aromatic carbocycles. The monoisotopic (exact) mass is 277 g/mol. The molecule has 0 bridgehead atoms. The minimum absolute atomic E-state index is 0.210. The summed E-state index contributed by atoms with van der Waals surface area (Å²) in [5.41, 5.74) is 6.29. The molecule has 0 aliphatic heterocycles. The Balaban J connectivity index is 2.03. The van der Waals surface area contributed by atoms with Crippen molar-refractivity contribution in [3.63, 3.8) is 0 Å². The molecule has 7 heteroatoms. The lowest BCUT2D eigenvalue weighted by Crippen LogP contribution is -2.27. The van der Waals surface area contributed by atoms with Crippen LogP contribution in [0.1, 0.15) is 29.0 Å². The molecule has 2 aromatic rings. The van der Waals surface area contributed by atoms with Crippen LogP contribution in [-0.2, 0) is 6.54 Å². The fraction of sp³-hybridized carbons (Fsp3) is 0.308. The summed E-state index contributed by atoms with van der Waals surface area (Å²) in [5, 5.41) is 10.3. The quantitative estimate of drug-likeness (QED) is 0.849. The van der Waals surface area contributed by atoms with Crippen molar-refractivity contribution in [2.45, 2.75) is 19.5 Å². The van der Waals surface area contributed by atoms with Crippen LogP contribution in [0.5, 0.6) is 0 Å². The molecule has 0 fully saturated rings. The first-order chi connectivity index (χ1) is 9.60. The highest BCUT2D eigenvalue weighted by atomic mass is 19.1. The van der Waals surface area contributed by atoms with Crippen LogP contribution in [0.3, 0.4) is 0 Å². The van der Waals surface area contributed by atoms with Gasteiger partial charge in [-0.2, -0.15) is 0 Å². The Kier molecular flexibility index (Phi) is 4.41. The Hall–Kier alpha value is -2.28. The fourth-order valence-corrected chi connectivity index (χ4v) is 1.77. The summed E-state index contributed by atoms with van der Waals surface area (Å²) in [5.74, 6) is -0.692. The number of nitrogens with one attached hydrogen (secondary N) is 1. The lowest BCUT2D eigenvalue weighted by atomic mass is 10.1.